The Balaban J connectivity index is 1.84. The summed E-state index contributed by atoms with van der Waals surface area (Å²) in [5.74, 6) is -0.977. The van der Waals surface area contributed by atoms with Crippen molar-refractivity contribution in [2.45, 2.75) is 12.8 Å². The molecule has 2 heterocycles. The molecule has 0 spiro atoms. The van der Waals surface area contributed by atoms with Gasteiger partial charge in [-0.1, -0.05) is 0 Å². The summed E-state index contributed by atoms with van der Waals surface area (Å²) in [6, 6.07) is 3.21. The molecule has 7 heteroatoms. The zero-order valence-electron chi connectivity index (χ0n) is 17.3. The third-order valence-electron chi connectivity index (χ3n) is 5.49. The number of aliphatic imine (C=N–C) groups is 1. The fourth-order valence-electron chi connectivity index (χ4n) is 3.89. The molecule has 7 nitrogen and oxygen atoms in total. The predicted octanol–water partition coefficient (Wildman–Crippen LogP) is 0.495. The maximum atomic E-state index is 13.0. The van der Waals surface area contributed by atoms with Gasteiger partial charge in [-0.15, -0.1) is 0 Å². The lowest BCUT2D eigenvalue weighted by atomic mass is 9.88. The highest BCUT2D eigenvalue weighted by Crippen LogP contribution is 2.31. The smallest absolute Gasteiger partial charge is 0.236 e. The minimum atomic E-state index is -0.564. The second-order valence-corrected chi connectivity index (χ2v) is 7.81. The first kappa shape index (κ1) is 20.1. The number of rotatable bonds is 6. The van der Waals surface area contributed by atoms with Gasteiger partial charge in [0.05, 0.1) is 16.6 Å². The Kier molecular flexibility index (Phi) is 5.32. The van der Waals surface area contributed by atoms with E-state index in [0.29, 0.717) is 40.4 Å². The van der Waals surface area contributed by atoms with Crippen molar-refractivity contribution in [3.63, 3.8) is 0 Å². The van der Waals surface area contributed by atoms with Crippen LogP contribution in [0.15, 0.2) is 51.2 Å². The SMILES string of the molecule is CNCCC1=C2C(=O)C(=O)C(=c3ccc(O)c4c3=NC=C4CCN(C)C)C=C2N=C1. The zero-order chi connectivity index (χ0) is 21.4. The molecule has 0 aromatic heterocycles. The van der Waals surface area contributed by atoms with Gasteiger partial charge in [0.25, 0.3) is 0 Å². The van der Waals surface area contributed by atoms with E-state index in [1.807, 2.05) is 21.1 Å². The van der Waals surface area contributed by atoms with Crippen molar-refractivity contribution < 1.29 is 14.7 Å². The lowest BCUT2D eigenvalue weighted by Gasteiger charge is -2.14. The van der Waals surface area contributed by atoms with Crippen LogP contribution >= 0.6 is 0 Å². The molecular formula is C23H24N4O3. The van der Waals surface area contributed by atoms with E-state index in [1.165, 1.54) is 0 Å². The van der Waals surface area contributed by atoms with Crippen LogP contribution in [-0.4, -0.2) is 62.0 Å². The van der Waals surface area contributed by atoms with Crippen molar-refractivity contribution in [1.29, 1.82) is 0 Å². The molecule has 1 aromatic rings. The lowest BCUT2D eigenvalue weighted by molar-refractivity contribution is -0.131. The highest BCUT2D eigenvalue weighted by molar-refractivity contribution is 6.60. The van der Waals surface area contributed by atoms with Crippen LogP contribution in [0.2, 0.25) is 0 Å². The molecule has 0 atom stereocenters. The Hall–Kier alpha value is -3.16. The number of Topliss-reactive ketones (excluding diaryl/α,β-unsaturated/α-hetero) is 2. The monoisotopic (exact) mass is 404 g/mol. The third kappa shape index (κ3) is 3.36. The topological polar surface area (TPSA) is 94.4 Å². The van der Waals surface area contributed by atoms with Crippen molar-refractivity contribution in [2.75, 3.05) is 34.2 Å². The molecule has 4 rings (SSSR count). The van der Waals surface area contributed by atoms with E-state index < -0.39 is 11.6 Å². The lowest BCUT2D eigenvalue weighted by Crippen LogP contribution is -2.35. The van der Waals surface area contributed by atoms with Gasteiger partial charge >= 0.3 is 0 Å². The standard InChI is InChI=1S/C23H24N4O3/c1-24-8-6-13-11-25-17-10-16(22(29)23(30)19(13)17)15-4-5-18(28)20-14(7-9-27(2)3)12-26-21(15)20/h4-5,10-12,24,28H,6-9H2,1-3H3. The number of nitrogens with zero attached hydrogens (tertiary/aromatic N) is 3. The molecule has 3 aliphatic rings. The first-order valence-electron chi connectivity index (χ1n) is 9.93. The highest BCUT2D eigenvalue weighted by Gasteiger charge is 2.34. The fourth-order valence-corrected chi connectivity index (χ4v) is 3.89. The van der Waals surface area contributed by atoms with Crippen molar-refractivity contribution in [3.05, 3.63) is 57.4 Å². The van der Waals surface area contributed by atoms with E-state index in [1.54, 1.807) is 30.6 Å². The number of fused-ring (bicyclic) bond motifs is 2. The van der Waals surface area contributed by atoms with Crippen LogP contribution in [-0.2, 0) is 9.59 Å². The molecule has 2 N–H and O–H groups in total. The molecule has 1 aliphatic carbocycles. The second kappa shape index (κ2) is 7.93. The Morgan fingerprint density at radius 2 is 1.93 bits per heavy atom. The number of phenolic OH excluding ortho intramolecular Hbond substituents is 1. The number of phenols is 1. The summed E-state index contributed by atoms with van der Waals surface area (Å²) in [6.07, 6.45) is 6.41. The Morgan fingerprint density at radius 3 is 2.67 bits per heavy atom. The first-order chi connectivity index (χ1) is 14.4. The Bertz CT molecular complexity index is 1200. The van der Waals surface area contributed by atoms with E-state index in [-0.39, 0.29) is 11.3 Å². The van der Waals surface area contributed by atoms with Crippen LogP contribution in [0.4, 0.5) is 0 Å². The van der Waals surface area contributed by atoms with E-state index in [0.717, 1.165) is 24.1 Å². The molecule has 0 amide bonds. The number of benzene rings is 1. The van der Waals surface area contributed by atoms with Crippen LogP contribution in [0.3, 0.4) is 0 Å². The summed E-state index contributed by atoms with van der Waals surface area (Å²) in [4.78, 5) is 36.8. The number of hydrogen-bond donors (Lipinski definition) is 2. The van der Waals surface area contributed by atoms with Gasteiger partial charge in [0.1, 0.15) is 5.75 Å². The predicted molar refractivity (Wildman–Crippen MR) is 116 cm³/mol. The summed E-state index contributed by atoms with van der Waals surface area (Å²) in [6.45, 7) is 1.50. The van der Waals surface area contributed by atoms with E-state index in [4.69, 9.17) is 0 Å². The minimum Gasteiger partial charge on any atom is -0.507 e. The van der Waals surface area contributed by atoms with Gasteiger partial charge in [-0.25, -0.2) is 0 Å². The minimum absolute atomic E-state index is 0.122. The number of ketones is 2. The van der Waals surface area contributed by atoms with Crippen LogP contribution in [0.5, 0.6) is 5.75 Å². The van der Waals surface area contributed by atoms with Crippen LogP contribution in [0, 0.1) is 0 Å². The summed E-state index contributed by atoms with van der Waals surface area (Å²) in [5, 5.41) is 14.6. The molecule has 0 saturated heterocycles. The average Bonchev–Trinajstić information content (AvgIpc) is 3.33. The average molecular weight is 404 g/mol. The van der Waals surface area contributed by atoms with Gasteiger partial charge in [0.15, 0.2) is 0 Å². The Morgan fingerprint density at radius 1 is 1.13 bits per heavy atom. The number of allylic oxidation sites excluding steroid dienone is 2. The van der Waals surface area contributed by atoms with Crippen molar-refractivity contribution in [3.8, 4) is 5.75 Å². The van der Waals surface area contributed by atoms with Gasteiger partial charge in [0.2, 0.25) is 11.6 Å². The zero-order valence-corrected chi connectivity index (χ0v) is 17.3. The quantitative estimate of drug-likeness (QED) is 0.674. The van der Waals surface area contributed by atoms with Crippen molar-refractivity contribution in [1.82, 2.24) is 10.2 Å². The van der Waals surface area contributed by atoms with Gasteiger partial charge < -0.3 is 15.3 Å². The number of aromatic hydroxyl groups is 1. The maximum Gasteiger partial charge on any atom is 0.236 e. The maximum absolute atomic E-state index is 13.0. The summed E-state index contributed by atoms with van der Waals surface area (Å²) in [5.41, 5.74) is 3.51. The molecule has 0 bridgehead atoms. The van der Waals surface area contributed by atoms with Gasteiger partial charge in [-0.2, -0.15) is 0 Å². The molecule has 0 unspecified atom stereocenters. The molecule has 2 aliphatic heterocycles. The summed E-state index contributed by atoms with van der Waals surface area (Å²) < 4.78 is 0. The number of carbonyl (C=O) groups is 2. The largest absolute Gasteiger partial charge is 0.507 e. The number of nitrogens with one attached hydrogen (secondary N) is 1. The molecule has 1 aromatic carbocycles. The van der Waals surface area contributed by atoms with Gasteiger partial charge in [0, 0.05) is 35.3 Å². The van der Waals surface area contributed by atoms with Gasteiger partial charge in [-0.3, -0.25) is 19.6 Å². The highest BCUT2D eigenvalue weighted by atomic mass is 16.3. The molecule has 0 fully saturated rings. The molecule has 0 saturated carbocycles. The molecule has 0 radical (unpaired) electrons. The van der Waals surface area contributed by atoms with Crippen molar-refractivity contribution >= 4 is 28.9 Å². The van der Waals surface area contributed by atoms with E-state index >= 15 is 0 Å². The van der Waals surface area contributed by atoms with Crippen LogP contribution in [0.25, 0.3) is 11.1 Å². The first-order valence-corrected chi connectivity index (χ1v) is 9.93. The number of carbonyl (C=O) groups excluding carboxylic acids is 2. The van der Waals surface area contributed by atoms with E-state index in [9.17, 15) is 14.7 Å². The van der Waals surface area contributed by atoms with Gasteiger partial charge in [-0.05, 0) is 69.9 Å². The fraction of sp³-hybridized carbons (Fsp3) is 0.304. The van der Waals surface area contributed by atoms with Crippen LogP contribution < -0.4 is 15.9 Å². The van der Waals surface area contributed by atoms with E-state index in [2.05, 4.69) is 20.2 Å². The van der Waals surface area contributed by atoms with Crippen molar-refractivity contribution in [2.24, 2.45) is 9.98 Å². The molecular weight excluding hydrogens is 380 g/mol. The molecule has 154 valence electrons. The third-order valence-corrected chi connectivity index (χ3v) is 5.49. The Labute approximate surface area is 174 Å². The number of hydrogen-bond acceptors (Lipinski definition) is 7. The normalized spacial score (nSPS) is 19.2. The second-order valence-electron chi connectivity index (χ2n) is 7.81. The summed E-state index contributed by atoms with van der Waals surface area (Å²) in [7, 11) is 5.80. The summed E-state index contributed by atoms with van der Waals surface area (Å²) >= 11 is 0. The molecule has 30 heavy (non-hydrogen) atoms. The van der Waals surface area contributed by atoms with Crippen LogP contribution in [0.1, 0.15) is 18.4 Å².